The molecule has 8 heteroatoms. The summed E-state index contributed by atoms with van der Waals surface area (Å²) in [6.07, 6.45) is 39.7. The van der Waals surface area contributed by atoms with Crippen LogP contribution in [0.2, 0.25) is 0 Å². The maximum absolute atomic E-state index is 12.7. The highest BCUT2D eigenvalue weighted by atomic mass is 16.6. The molecule has 54 heavy (non-hydrogen) atoms. The average Bonchev–Trinajstić information content (AvgIpc) is 3.12. The van der Waals surface area contributed by atoms with Crippen molar-refractivity contribution in [3.8, 4) is 0 Å². The van der Waals surface area contributed by atoms with Crippen molar-refractivity contribution in [2.45, 2.75) is 225 Å². The van der Waals surface area contributed by atoms with Crippen LogP contribution in [0.25, 0.3) is 0 Å². The van der Waals surface area contributed by atoms with Gasteiger partial charge in [-0.1, -0.05) is 167 Å². The second-order valence-corrected chi connectivity index (χ2v) is 16.6. The molecule has 2 atom stereocenters. The summed E-state index contributed by atoms with van der Waals surface area (Å²) < 4.78 is 17.1. The maximum Gasteiger partial charge on any atom is 0.306 e. The second-order valence-electron chi connectivity index (χ2n) is 16.6. The lowest BCUT2D eigenvalue weighted by atomic mass is 10.0. The van der Waals surface area contributed by atoms with Gasteiger partial charge in [0.05, 0.1) is 40.3 Å². The van der Waals surface area contributed by atoms with Crippen molar-refractivity contribution in [3.05, 3.63) is 12.2 Å². The van der Waals surface area contributed by atoms with E-state index in [0.717, 1.165) is 38.5 Å². The monoisotopic (exact) mass is 766 g/mol. The van der Waals surface area contributed by atoms with Gasteiger partial charge >= 0.3 is 11.9 Å². The van der Waals surface area contributed by atoms with E-state index in [1.54, 1.807) is 21.1 Å². The molecule has 0 aromatic rings. The lowest BCUT2D eigenvalue weighted by Gasteiger charge is -2.34. The summed E-state index contributed by atoms with van der Waals surface area (Å²) in [4.78, 5) is 36.6. The number of carbonyl (C=O) groups excluding carboxylic acids is 3. The lowest BCUT2D eigenvalue weighted by molar-refractivity contribution is -0.889. The Morgan fingerprint density at radius 2 is 0.926 bits per heavy atom. The van der Waals surface area contributed by atoms with Crippen LogP contribution in [0.15, 0.2) is 12.2 Å². The molecule has 0 aromatic carbocycles. The summed E-state index contributed by atoms with van der Waals surface area (Å²) in [5.74, 6) is -1.73. The number of hydrogen-bond acceptors (Lipinski definition) is 7. The zero-order valence-corrected chi connectivity index (χ0v) is 36.2. The normalized spacial score (nSPS) is 13.0. The number of hydrogen-bond donors (Lipinski definition) is 0. The van der Waals surface area contributed by atoms with Gasteiger partial charge in [0.1, 0.15) is 12.6 Å². The van der Waals surface area contributed by atoms with Crippen LogP contribution in [0.4, 0.5) is 0 Å². The molecule has 0 aromatic heterocycles. The van der Waals surface area contributed by atoms with Crippen molar-refractivity contribution in [1.82, 2.24) is 0 Å². The van der Waals surface area contributed by atoms with E-state index in [2.05, 4.69) is 26.0 Å². The minimum atomic E-state index is -1.12. The number of rotatable bonds is 41. The molecule has 0 heterocycles. The lowest BCUT2D eigenvalue weighted by Crippen LogP contribution is -2.55. The molecular weight excluding hydrogens is 679 g/mol. The van der Waals surface area contributed by atoms with E-state index in [4.69, 9.17) is 14.2 Å². The molecule has 2 unspecified atom stereocenters. The molecule has 0 N–H and O–H groups in total. The molecule has 0 aliphatic rings. The van der Waals surface area contributed by atoms with Gasteiger partial charge in [0.25, 0.3) is 0 Å². The molecule has 0 fully saturated rings. The molecule has 0 saturated heterocycles. The van der Waals surface area contributed by atoms with Crippen LogP contribution in [0.3, 0.4) is 0 Å². The molecule has 0 amide bonds. The minimum Gasteiger partial charge on any atom is -0.544 e. The van der Waals surface area contributed by atoms with Crippen LogP contribution in [-0.4, -0.2) is 75.5 Å². The molecule has 0 aliphatic carbocycles. The van der Waals surface area contributed by atoms with Gasteiger partial charge in [0.2, 0.25) is 0 Å². The van der Waals surface area contributed by atoms with Gasteiger partial charge in [0, 0.05) is 19.3 Å². The highest BCUT2D eigenvalue weighted by Crippen LogP contribution is 2.15. The predicted octanol–water partition coefficient (Wildman–Crippen LogP) is 11.0. The molecule has 0 saturated carbocycles. The number of carbonyl (C=O) groups is 3. The first-order valence-electron chi connectivity index (χ1n) is 22.7. The highest BCUT2D eigenvalue weighted by molar-refractivity contribution is 5.70. The summed E-state index contributed by atoms with van der Waals surface area (Å²) in [6.45, 7) is 4.64. The first-order valence-corrected chi connectivity index (χ1v) is 22.7. The SMILES string of the molecule is CCCCCCCCCC/C=C\CCCCCCCCCCCCCC(=O)OC(COCCC(C(=O)[O-])[N+](C)(C)C)COC(=O)CCCCCCCCC. The Labute approximate surface area is 333 Å². The predicted molar refractivity (Wildman–Crippen MR) is 222 cm³/mol. The Balaban J connectivity index is 4.11. The van der Waals surface area contributed by atoms with Gasteiger partial charge in [-0.25, -0.2) is 0 Å². The van der Waals surface area contributed by atoms with Crippen LogP contribution in [0.1, 0.15) is 213 Å². The molecule has 0 aliphatic heterocycles. The van der Waals surface area contributed by atoms with Gasteiger partial charge in [-0.3, -0.25) is 9.59 Å². The number of ether oxygens (including phenoxy) is 3. The van der Waals surface area contributed by atoms with E-state index >= 15 is 0 Å². The van der Waals surface area contributed by atoms with Gasteiger partial charge in [-0.15, -0.1) is 0 Å². The Morgan fingerprint density at radius 1 is 0.537 bits per heavy atom. The van der Waals surface area contributed by atoms with Crippen molar-refractivity contribution in [2.75, 3.05) is 41.0 Å². The quantitative estimate of drug-likeness (QED) is 0.0264. The fourth-order valence-corrected chi connectivity index (χ4v) is 6.83. The van der Waals surface area contributed by atoms with E-state index < -0.39 is 18.1 Å². The Hall–Kier alpha value is -1.93. The standard InChI is InChI=1S/C46H87NO7/c1-6-8-10-12-14-15-16-17-18-19-20-21-22-23-24-25-26-27-28-29-31-33-35-37-45(49)54-42(40-52-39-38-43(46(50)51)47(3,4)5)41-53-44(48)36-34-32-30-13-11-9-7-2/h19-20,42-43H,6-18,21-41H2,1-5H3/b20-19-. The van der Waals surface area contributed by atoms with Crippen LogP contribution in [-0.2, 0) is 28.6 Å². The largest absolute Gasteiger partial charge is 0.544 e. The fourth-order valence-electron chi connectivity index (χ4n) is 6.83. The van der Waals surface area contributed by atoms with Gasteiger partial charge < -0.3 is 28.6 Å². The number of allylic oxidation sites excluding steroid dienone is 2. The number of quaternary nitrogens is 1. The number of aliphatic carboxylic acids is 1. The van der Waals surface area contributed by atoms with Crippen molar-refractivity contribution in [2.24, 2.45) is 0 Å². The van der Waals surface area contributed by atoms with Crippen molar-refractivity contribution >= 4 is 17.9 Å². The molecule has 318 valence electrons. The third-order valence-electron chi connectivity index (χ3n) is 10.4. The first kappa shape index (κ1) is 52.1. The third-order valence-corrected chi connectivity index (χ3v) is 10.4. The summed E-state index contributed by atoms with van der Waals surface area (Å²) in [6, 6.07) is -0.720. The number of likely N-dealkylation sites (N-methyl/N-ethyl adjacent to an activating group) is 1. The summed E-state index contributed by atoms with van der Waals surface area (Å²) >= 11 is 0. The number of carboxylic acid groups (broad SMARTS) is 1. The molecular formula is C46H87NO7. The molecule has 0 bridgehead atoms. The molecule has 0 rings (SSSR count). The minimum absolute atomic E-state index is 0.0454. The van der Waals surface area contributed by atoms with Crippen LogP contribution < -0.4 is 5.11 Å². The van der Waals surface area contributed by atoms with Crippen LogP contribution in [0, 0.1) is 0 Å². The molecule has 0 spiro atoms. The number of nitrogens with zero attached hydrogens (tertiary/aromatic N) is 1. The topological polar surface area (TPSA) is 102 Å². The Morgan fingerprint density at radius 3 is 1.33 bits per heavy atom. The number of carboxylic acids is 1. The third kappa shape index (κ3) is 35.8. The van der Waals surface area contributed by atoms with Gasteiger partial charge in [0.15, 0.2) is 6.10 Å². The summed E-state index contributed by atoms with van der Waals surface area (Å²) in [5.41, 5.74) is 0. The Kier molecular flexibility index (Phi) is 36.6. The van der Waals surface area contributed by atoms with Crippen molar-refractivity contribution < 1.29 is 38.2 Å². The number of esters is 2. The van der Waals surface area contributed by atoms with E-state index in [9.17, 15) is 19.5 Å². The van der Waals surface area contributed by atoms with Gasteiger partial charge in [-0.2, -0.15) is 0 Å². The number of unbranched alkanes of at least 4 members (excludes halogenated alkanes) is 25. The zero-order valence-electron chi connectivity index (χ0n) is 36.2. The first-order chi connectivity index (χ1) is 26.1. The van der Waals surface area contributed by atoms with Gasteiger partial charge in [-0.05, 0) is 38.5 Å². The summed E-state index contributed by atoms with van der Waals surface area (Å²) in [7, 11) is 5.41. The van der Waals surface area contributed by atoms with E-state index in [-0.39, 0.29) is 42.7 Å². The average molecular weight is 766 g/mol. The van der Waals surface area contributed by atoms with E-state index in [1.165, 1.54) is 141 Å². The second kappa shape index (κ2) is 38.0. The zero-order chi connectivity index (χ0) is 40.0. The van der Waals surface area contributed by atoms with E-state index in [1.807, 2.05) is 0 Å². The molecule has 8 nitrogen and oxygen atoms in total. The fraction of sp³-hybridized carbons (Fsp3) is 0.891. The smallest absolute Gasteiger partial charge is 0.306 e. The van der Waals surface area contributed by atoms with E-state index in [0.29, 0.717) is 12.8 Å². The van der Waals surface area contributed by atoms with Crippen molar-refractivity contribution in [3.63, 3.8) is 0 Å². The Bertz CT molecular complexity index is 900. The highest BCUT2D eigenvalue weighted by Gasteiger charge is 2.25. The van der Waals surface area contributed by atoms with Crippen LogP contribution in [0.5, 0.6) is 0 Å². The van der Waals surface area contributed by atoms with Crippen LogP contribution >= 0.6 is 0 Å². The summed E-state index contributed by atoms with van der Waals surface area (Å²) in [5, 5.41) is 11.6. The maximum atomic E-state index is 12.7. The molecule has 0 radical (unpaired) electrons. The van der Waals surface area contributed by atoms with Crippen molar-refractivity contribution in [1.29, 1.82) is 0 Å².